The van der Waals surface area contributed by atoms with Crippen molar-refractivity contribution < 1.29 is 9.00 Å². The molecule has 0 saturated carbocycles. The Morgan fingerprint density at radius 1 is 1.43 bits per heavy atom. The summed E-state index contributed by atoms with van der Waals surface area (Å²) < 4.78 is 11.5. The highest BCUT2D eigenvalue weighted by Gasteiger charge is 2.14. The second-order valence-corrected chi connectivity index (χ2v) is 5.49. The molecule has 0 aliphatic heterocycles. The monoisotopic (exact) mass is 220 g/mol. The van der Waals surface area contributed by atoms with Gasteiger partial charge in [0.15, 0.2) is 0 Å². The maximum absolute atomic E-state index is 11.5. The van der Waals surface area contributed by atoms with Crippen LogP contribution in [0.1, 0.15) is 27.2 Å². The highest BCUT2D eigenvalue weighted by molar-refractivity contribution is 7.86. The van der Waals surface area contributed by atoms with Crippen LogP contribution >= 0.6 is 0 Å². The summed E-state index contributed by atoms with van der Waals surface area (Å²) in [5, 5.41) is 2.71. The van der Waals surface area contributed by atoms with E-state index in [1.165, 1.54) is 0 Å². The van der Waals surface area contributed by atoms with E-state index in [1.807, 2.05) is 20.8 Å². The summed E-state index contributed by atoms with van der Waals surface area (Å²) in [4.78, 5) is 11.2. The topological polar surface area (TPSA) is 72.2 Å². The third kappa shape index (κ3) is 6.10. The molecule has 0 fully saturated rings. The number of carbonyl (C=O) groups excluding carboxylic acids is 1. The van der Waals surface area contributed by atoms with Gasteiger partial charge < -0.3 is 11.1 Å². The van der Waals surface area contributed by atoms with Gasteiger partial charge in [-0.2, -0.15) is 0 Å². The first-order valence-corrected chi connectivity index (χ1v) is 6.22. The van der Waals surface area contributed by atoms with E-state index in [4.69, 9.17) is 5.73 Å². The van der Waals surface area contributed by atoms with Crippen molar-refractivity contribution in [1.29, 1.82) is 0 Å². The molecule has 0 heterocycles. The van der Waals surface area contributed by atoms with Crippen LogP contribution in [0.4, 0.5) is 0 Å². The molecule has 0 aromatic heterocycles. The van der Waals surface area contributed by atoms with E-state index in [2.05, 4.69) is 5.32 Å². The Hall–Kier alpha value is -0.420. The minimum atomic E-state index is -1.10. The number of hydrogen-bond donors (Lipinski definition) is 2. The van der Waals surface area contributed by atoms with Gasteiger partial charge in [0.05, 0.1) is 0 Å². The third-order valence-electron chi connectivity index (χ3n) is 1.74. The van der Waals surface area contributed by atoms with E-state index in [9.17, 15) is 9.00 Å². The van der Waals surface area contributed by atoms with E-state index >= 15 is 0 Å². The first-order chi connectivity index (χ1) is 6.47. The van der Waals surface area contributed by atoms with Crippen molar-refractivity contribution in [1.82, 2.24) is 5.32 Å². The lowest BCUT2D eigenvalue weighted by molar-refractivity contribution is -0.119. The molecule has 0 saturated heterocycles. The quantitative estimate of drug-likeness (QED) is 0.661. The fraction of sp³-hybridized carbons (Fsp3) is 0.889. The van der Waals surface area contributed by atoms with Crippen molar-refractivity contribution in [2.45, 2.75) is 38.5 Å². The zero-order chi connectivity index (χ0) is 11.1. The number of carbonyl (C=O) groups is 1. The molecule has 0 bridgehead atoms. The molecule has 4 nitrogen and oxygen atoms in total. The molecule has 0 aliphatic carbocycles. The second-order valence-electron chi connectivity index (χ2n) is 3.64. The molecule has 0 rings (SSSR count). The Kier molecular flexibility index (Phi) is 6.74. The zero-order valence-corrected chi connectivity index (χ0v) is 9.89. The molecular weight excluding hydrogens is 200 g/mol. The van der Waals surface area contributed by atoms with Gasteiger partial charge in [-0.25, -0.2) is 0 Å². The van der Waals surface area contributed by atoms with Gasteiger partial charge >= 0.3 is 0 Å². The lowest BCUT2D eigenvalue weighted by Crippen LogP contribution is -2.35. The largest absolute Gasteiger partial charge is 0.353 e. The van der Waals surface area contributed by atoms with E-state index in [0.717, 1.165) is 0 Å². The van der Waals surface area contributed by atoms with Crippen LogP contribution in [-0.4, -0.2) is 33.7 Å². The fourth-order valence-electron chi connectivity index (χ4n) is 1.00. The summed E-state index contributed by atoms with van der Waals surface area (Å²) in [7, 11) is -1.10. The van der Waals surface area contributed by atoms with Crippen LogP contribution < -0.4 is 11.1 Å². The van der Waals surface area contributed by atoms with Crippen LogP contribution in [0.2, 0.25) is 0 Å². The summed E-state index contributed by atoms with van der Waals surface area (Å²) in [5.74, 6) is -0.0681. The molecular formula is C9H20N2O2S. The smallest absolute Gasteiger partial charge is 0.232 e. The normalized spacial score (nSPS) is 15.2. The van der Waals surface area contributed by atoms with Crippen molar-refractivity contribution in [2.75, 3.05) is 12.3 Å². The SMILES string of the molecule is CC(C)NC(=O)CS(=O)C(C)CCN. The molecule has 2 unspecified atom stereocenters. The number of nitrogens with one attached hydrogen (secondary N) is 1. The van der Waals surface area contributed by atoms with Gasteiger partial charge in [0, 0.05) is 22.1 Å². The van der Waals surface area contributed by atoms with E-state index in [1.54, 1.807) is 0 Å². The standard InChI is InChI=1S/C9H20N2O2S/c1-7(2)11-9(12)6-14(13)8(3)4-5-10/h7-8H,4-6,10H2,1-3H3,(H,11,12). The zero-order valence-electron chi connectivity index (χ0n) is 9.08. The Balaban J connectivity index is 3.87. The molecule has 0 aromatic rings. The maximum atomic E-state index is 11.5. The van der Waals surface area contributed by atoms with Crippen LogP contribution in [0.15, 0.2) is 0 Å². The molecule has 2 atom stereocenters. The van der Waals surface area contributed by atoms with Crippen LogP contribution in [0.5, 0.6) is 0 Å². The summed E-state index contributed by atoms with van der Waals surface area (Å²) in [6, 6.07) is 0.101. The Bertz CT molecular complexity index is 207. The fourth-order valence-corrected chi connectivity index (χ4v) is 2.03. The van der Waals surface area contributed by atoms with Crippen LogP contribution in [0.3, 0.4) is 0 Å². The van der Waals surface area contributed by atoms with Crippen LogP contribution in [0, 0.1) is 0 Å². The lowest BCUT2D eigenvalue weighted by Gasteiger charge is -2.11. The van der Waals surface area contributed by atoms with Gasteiger partial charge in [-0.05, 0) is 26.8 Å². The lowest BCUT2D eigenvalue weighted by atomic mass is 10.3. The Morgan fingerprint density at radius 3 is 2.43 bits per heavy atom. The predicted molar refractivity (Wildman–Crippen MR) is 59.4 cm³/mol. The number of amides is 1. The molecule has 84 valence electrons. The predicted octanol–water partition coefficient (Wildman–Crippen LogP) is -0.00300. The van der Waals surface area contributed by atoms with Crippen molar-refractivity contribution in [2.24, 2.45) is 5.73 Å². The number of nitrogens with two attached hydrogens (primary N) is 1. The molecule has 0 radical (unpaired) electrons. The first kappa shape index (κ1) is 13.6. The molecule has 1 amide bonds. The summed E-state index contributed by atoms with van der Waals surface area (Å²) in [6.07, 6.45) is 0.696. The van der Waals surface area contributed by atoms with Gasteiger partial charge in [-0.3, -0.25) is 9.00 Å². The van der Waals surface area contributed by atoms with E-state index in [0.29, 0.717) is 13.0 Å². The molecule has 3 N–H and O–H groups in total. The highest BCUT2D eigenvalue weighted by Crippen LogP contribution is 2.00. The van der Waals surface area contributed by atoms with Gasteiger partial charge in [0.25, 0.3) is 0 Å². The van der Waals surface area contributed by atoms with Crippen molar-refractivity contribution in [3.8, 4) is 0 Å². The Morgan fingerprint density at radius 2 is 2.00 bits per heavy atom. The third-order valence-corrected chi connectivity index (χ3v) is 3.42. The summed E-state index contributed by atoms with van der Waals surface area (Å²) in [5.41, 5.74) is 5.34. The van der Waals surface area contributed by atoms with Crippen LogP contribution in [-0.2, 0) is 15.6 Å². The van der Waals surface area contributed by atoms with Gasteiger partial charge in [0.1, 0.15) is 5.75 Å². The maximum Gasteiger partial charge on any atom is 0.232 e. The van der Waals surface area contributed by atoms with E-state index in [-0.39, 0.29) is 23.0 Å². The first-order valence-electron chi connectivity index (χ1n) is 4.84. The average Bonchev–Trinajstić information content (AvgIpc) is 2.02. The van der Waals surface area contributed by atoms with Gasteiger partial charge in [-0.15, -0.1) is 0 Å². The summed E-state index contributed by atoms with van der Waals surface area (Å²) >= 11 is 0. The summed E-state index contributed by atoms with van der Waals surface area (Å²) in [6.45, 7) is 6.12. The molecule has 0 aliphatic rings. The van der Waals surface area contributed by atoms with Crippen molar-refractivity contribution >= 4 is 16.7 Å². The molecule has 0 aromatic carbocycles. The minimum absolute atomic E-state index is 0.00193. The minimum Gasteiger partial charge on any atom is -0.353 e. The molecule has 0 spiro atoms. The molecule has 14 heavy (non-hydrogen) atoms. The van der Waals surface area contributed by atoms with Gasteiger partial charge in [-0.1, -0.05) is 6.92 Å². The molecule has 5 heteroatoms. The highest BCUT2D eigenvalue weighted by atomic mass is 32.2. The van der Waals surface area contributed by atoms with Gasteiger partial charge in [0.2, 0.25) is 5.91 Å². The van der Waals surface area contributed by atoms with Crippen LogP contribution in [0.25, 0.3) is 0 Å². The second kappa shape index (κ2) is 6.95. The number of rotatable bonds is 6. The van der Waals surface area contributed by atoms with Crippen molar-refractivity contribution in [3.63, 3.8) is 0 Å². The van der Waals surface area contributed by atoms with E-state index < -0.39 is 10.8 Å². The Labute approximate surface area is 88.1 Å². The number of hydrogen-bond acceptors (Lipinski definition) is 3. The average molecular weight is 220 g/mol. The van der Waals surface area contributed by atoms with Crippen molar-refractivity contribution in [3.05, 3.63) is 0 Å².